The zero-order valence-electron chi connectivity index (χ0n) is 15.1. The number of carboxylic acid groups (broad SMARTS) is 1. The molecule has 146 valence electrons. The standard InChI is InChI=1S/C19H24FN3O4/c20-15-3-1-2-14(12-15)17(24)22-8-10-23(11-9-22)19(27)21-16-6-4-13(5-7-16)18(25)26/h1-3,12-13,16H,4-11H2,(H,21,27)(H,25,26). The molecule has 1 heterocycles. The summed E-state index contributed by atoms with van der Waals surface area (Å²) < 4.78 is 13.3. The van der Waals surface area contributed by atoms with Crippen LogP contribution in [0, 0.1) is 11.7 Å². The van der Waals surface area contributed by atoms with Gasteiger partial charge >= 0.3 is 12.0 Å². The number of aliphatic carboxylic acids is 1. The summed E-state index contributed by atoms with van der Waals surface area (Å²) in [6.07, 6.45) is 2.49. The Bertz CT molecular complexity index is 711. The molecule has 8 heteroatoms. The molecule has 3 rings (SSSR count). The summed E-state index contributed by atoms with van der Waals surface area (Å²) in [5.74, 6) is -1.76. The summed E-state index contributed by atoms with van der Waals surface area (Å²) >= 11 is 0. The highest BCUT2D eigenvalue weighted by Gasteiger charge is 2.29. The number of carbonyl (C=O) groups is 3. The van der Waals surface area contributed by atoms with Gasteiger partial charge in [0.15, 0.2) is 0 Å². The predicted octanol–water partition coefficient (Wildman–Crippen LogP) is 1.94. The summed E-state index contributed by atoms with van der Waals surface area (Å²) in [5, 5.41) is 12.0. The lowest BCUT2D eigenvalue weighted by atomic mass is 9.86. The first-order valence-corrected chi connectivity index (χ1v) is 9.27. The van der Waals surface area contributed by atoms with Crippen LogP contribution in [0.25, 0.3) is 0 Å². The van der Waals surface area contributed by atoms with Crippen molar-refractivity contribution in [2.75, 3.05) is 26.2 Å². The first-order chi connectivity index (χ1) is 12.9. The SMILES string of the molecule is O=C(O)C1CCC(NC(=O)N2CCN(C(=O)c3cccc(F)c3)CC2)CC1. The van der Waals surface area contributed by atoms with Crippen LogP contribution < -0.4 is 5.32 Å². The number of nitrogens with one attached hydrogen (secondary N) is 1. The fraction of sp³-hybridized carbons (Fsp3) is 0.526. The molecule has 0 radical (unpaired) electrons. The number of hydrogen-bond donors (Lipinski definition) is 2. The zero-order chi connectivity index (χ0) is 19.4. The van der Waals surface area contributed by atoms with Crippen LogP contribution >= 0.6 is 0 Å². The van der Waals surface area contributed by atoms with Gasteiger partial charge in [0.1, 0.15) is 5.82 Å². The number of amides is 3. The third-order valence-corrected chi connectivity index (χ3v) is 5.33. The fourth-order valence-electron chi connectivity index (χ4n) is 3.67. The monoisotopic (exact) mass is 377 g/mol. The van der Waals surface area contributed by atoms with Gasteiger partial charge in [-0.05, 0) is 43.9 Å². The largest absolute Gasteiger partial charge is 0.481 e. The second kappa shape index (κ2) is 8.37. The first-order valence-electron chi connectivity index (χ1n) is 9.27. The Labute approximate surface area is 157 Å². The molecule has 2 fully saturated rings. The maximum atomic E-state index is 13.3. The van der Waals surface area contributed by atoms with E-state index in [1.807, 2.05) is 0 Å². The minimum Gasteiger partial charge on any atom is -0.481 e. The topological polar surface area (TPSA) is 89.9 Å². The summed E-state index contributed by atoms with van der Waals surface area (Å²) in [5.41, 5.74) is 0.308. The van der Waals surface area contributed by atoms with Crippen molar-refractivity contribution in [1.29, 1.82) is 0 Å². The molecule has 1 aromatic rings. The fourth-order valence-corrected chi connectivity index (χ4v) is 3.67. The molecule has 0 aromatic heterocycles. The maximum absolute atomic E-state index is 13.3. The second-order valence-electron chi connectivity index (χ2n) is 7.13. The van der Waals surface area contributed by atoms with Crippen LogP contribution in [0.15, 0.2) is 24.3 Å². The van der Waals surface area contributed by atoms with Crippen LogP contribution in [0.3, 0.4) is 0 Å². The van der Waals surface area contributed by atoms with Crippen LogP contribution in [0.2, 0.25) is 0 Å². The number of carbonyl (C=O) groups excluding carboxylic acids is 2. The highest BCUT2D eigenvalue weighted by atomic mass is 19.1. The predicted molar refractivity (Wildman–Crippen MR) is 95.8 cm³/mol. The van der Waals surface area contributed by atoms with Gasteiger partial charge in [0, 0.05) is 37.8 Å². The van der Waals surface area contributed by atoms with Crippen molar-refractivity contribution < 1.29 is 23.9 Å². The average molecular weight is 377 g/mol. The van der Waals surface area contributed by atoms with Gasteiger partial charge < -0.3 is 20.2 Å². The van der Waals surface area contributed by atoms with Gasteiger partial charge in [-0.25, -0.2) is 9.18 Å². The van der Waals surface area contributed by atoms with Crippen LogP contribution in [-0.2, 0) is 4.79 Å². The van der Waals surface area contributed by atoms with Gasteiger partial charge in [-0.3, -0.25) is 9.59 Å². The van der Waals surface area contributed by atoms with Crippen molar-refractivity contribution in [2.45, 2.75) is 31.7 Å². The van der Waals surface area contributed by atoms with Crippen molar-refractivity contribution in [3.63, 3.8) is 0 Å². The number of hydrogen-bond acceptors (Lipinski definition) is 3. The molecule has 3 amide bonds. The molecule has 0 atom stereocenters. The van der Waals surface area contributed by atoms with E-state index in [4.69, 9.17) is 5.11 Å². The molecule has 0 spiro atoms. The van der Waals surface area contributed by atoms with Crippen molar-refractivity contribution in [2.24, 2.45) is 5.92 Å². The molecule has 1 saturated carbocycles. The zero-order valence-corrected chi connectivity index (χ0v) is 15.1. The lowest BCUT2D eigenvalue weighted by Crippen LogP contribution is -2.54. The normalized spacial score (nSPS) is 23.0. The van der Waals surface area contributed by atoms with Crippen LogP contribution in [0.1, 0.15) is 36.0 Å². The number of piperazine rings is 1. The quantitative estimate of drug-likeness (QED) is 0.842. The maximum Gasteiger partial charge on any atom is 0.317 e. The van der Waals surface area contributed by atoms with E-state index >= 15 is 0 Å². The van der Waals surface area contributed by atoms with E-state index in [9.17, 15) is 18.8 Å². The number of halogens is 1. The van der Waals surface area contributed by atoms with Gasteiger partial charge in [0.25, 0.3) is 5.91 Å². The molecule has 2 N–H and O–H groups in total. The summed E-state index contributed by atoms with van der Waals surface area (Å²) in [7, 11) is 0. The molecule has 1 aliphatic heterocycles. The van der Waals surface area contributed by atoms with E-state index in [1.165, 1.54) is 18.2 Å². The van der Waals surface area contributed by atoms with Crippen molar-refractivity contribution in [1.82, 2.24) is 15.1 Å². The number of urea groups is 1. The van der Waals surface area contributed by atoms with E-state index in [2.05, 4.69) is 5.32 Å². The summed E-state index contributed by atoms with van der Waals surface area (Å²) in [6.45, 7) is 1.62. The summed E-state index contributed by atoms with van der Waals surface area (Å²) in [4.78, 5) is 39.1. The van der Waals surface area contributed by atoms with Crippen LogP contribution in [0.5, 0.6) is 0 Å². The number of benzene rings is 1. The average Bonchev–Trinajstić information content (AvgIpc) is 2.68. The van der Waals surface area contributed by atoms with Gasteiger partial charge in [-0.2, -0.15) is 0 Å². The van der Waals surface area contributed by atoms with Crippen molar-refractivity contribution in [3.8, 4) is 0 Å². The smallest absolute Gasteiger partial charge is 0.317 e. The van der Waals surface area contributed by atoms with E-state index in [0.29, 0.717) is 57.4 Å². The number of carboxylic acids is 1. The van der Waals surface area contributed by atoms with Gasteiger partial charge in [-0.15, -0.1) is 0 Å². The molecule has 1 aliphatic carbocycles. The van der Waals surface area contributed by atoms with Crippen molar-refractivity contribution in [3.05, 3.63) is 35.6 Å². The Morgan fingerprint density at radius 3 is 2.22 bits per heavy atom. The number of rotatable bonds is 3. The molecule has 1 aromatic carbocycles. The van der Waals surface area contributed by atoms with Gasteiger partial charge in [0.2, 0.25) is 0 Å². The highest BCUT2D eigenvalue weighted by Crippen LogP contribution is 2.24. The van der Waals surface area contributed by atoms with Crippen molar-refractivity contribution >= 4 is 17.9 Å². The Balaban J connectivity index is 1.45. The molecule has 0 unspecified atom stereocenters. The minimum atomic E-state index is -0.765. The number of nitrogens with zero attached hydrogens (tertiary/aromatic N) is 2. The van der Waals surface area contributed by atoms with Crippen LogP contribution in [0.4, 0.5) is 9.18 Å². The molecule has 27 heavy (non-hydrogen) atoms. The molecule has 7 nitrogen and oxygen atoms in total. The second-order valence-corrected chi connectivity index (χ2v) is 7.13. The Morgan fingerprint density at radius 2 is 1.63 bits per heavy atom. The van der Waals surface area contributed by atoms with E-state index in [0.717, 1.165) is 0 Å². The molecular weight excluding hydrogens is 353 g/mol. The van der Waals surface area contributed by atoms with Gasteiger partial charge in [-0.1, -0.05) is 6.07 Å². The first kappa shape index (κ1) is 19.1. The van der Waals surface area contributed by atoms with Crippen LogP contribution in [-0.4, -0.2) is 65.0 Å². The Morgan fingerprint density at radius 1 is 1.00 bits per heavy atom. The molecule has 2 aliphatic rings. The lowest BCUT2D eigenvalue weighted by molar-refractivity contribution is -0.142. The third kappa shape index (κ3) is 4.75. The molecular formula is C19H24FN3O4. The minimum absolute atomic E-state index is 0.0000514. The third-order valence-electron chi connectivity index (χ3n) is 5.33. The van der Waals surface area contributed by atoms with E-state index in [1.54, 1.807) is 15.9 Å². The van der Waals surface area contributed by atoms with E-state index in [-0.39, 0.29) is 23.9 Å². The summed E-state index contributed by atoms with van der Waals surface area (Å²) in [6, 6.07) is 5.42. The Hall–Kier alpha value is -2.64. The lowest BCUT2D eigenvalue weighted by Gasteiger charge is -2.36. The van der Waals surface area contributed by atoms with E-state index < -0.39 is 11.8 Å². The molecule has 1 saturated heterocycles. The highest BCUT2D eigenvalue weighted by molar-refractivity contribution is 5.94. The van der Waals surface area contributed by atoms with Gasteiger partial charge in [0.05, 0.1) is 5.92 Å². The molecule has 0 bridgehead atoms. The Kier molecular flexibility index (Phi) is 5.93.